The van der Waals surface area contributed by atoms with Crippen molar-refractivity contribution in [1.82, 2.24) is 9.78 Å². The minimum atomic E-state index is 0.503. The summed E-state index contributed by atoms with van der Waals surface area (Å²) in [5, 5.41) is 4.66. The molecule has 1 heterocycles. The van der Waals surface area contributed by atoms with Crippen molar-refractivity contribution < 1.29 is 9.47 Å². The molecule has 0 unspecified atom stereocenters. The number of aromatic nitrogens is 2. The summed E-state index contributed by atoms with van der Waals surface area (Å²) in [5.41, 5.74) is 1.10. The Kier molecular flexibility index (Phi) is 3.54. The first-order valence-corrected chi connectivity index (χ1v) is 5.50. The molecule has 0 aliphatic heterocycles. The minimum Gasteiger partial charge on any atom is -0.497 e. The summed E-state index contributed by atoms with van der Waals surface area (Å²) in [6.45, 7) is 0.603. The van der Waals surface area contributed by atoms with Gasteiger partial charge in [-0.1, -0.05) is 23.7 Å². The van der Waals surface area contributed by atoms with Gasteiger partial charge in [-0.25, -0.2) is 4.68 Å². The topological polar surface area (TPSA) is 36.3 Å². The summed E-state index contributed by atoms with van der Waals surface area (Å²) < 4.78 is 11.8. The second kappa shape index (κ2) is 5.10. The minimum absolute atomic E-state index is 0.503. The van der Waals surface area contributed by atoms with Crippen LogP contribution in [0.15, 0.2) is 30.5 Å². The summed E-state index contributed by atoms with van der Waals surface area (Å²) in [6, 6.07) is 7.76. The second-order valence-corrected chi connectivity index (χ2v) is 3.87. The summed E-state index contributed by atoms with van der Waals surface area (Å²) in [5.74, 6) is 1.41. The lowest BCUT2D eigenvalue weighted by Crippen LogP contribution is -2.01. The monoisotopic (exact) mass is 252 g/mol. The third-order valence-corrected chi connectivity index (χ3v) is 2.84. The van der Waals surface area contributed by atoms with Crippen molar-refractivity contribution in [2.45, 2.75) is 6.54 Å². The van der Waals surface area contributed by atoms with Crippen LogP contribution >= 0.6 is 11.6 Å². The van der Waals surface area contributed by atoms with Gasteiger partial charge in [-0.2, -0.15) is 5.10 Å². The second-order valence-electron chi connectivity index (χ2n) is 3.51. The molecule has 2 aromatic rings. The average molecular weight is 253 g/mol. The molecule has 90 valence electrons. The van der Waals surface area contributed by atoms with E-state index in [9.17, 15) is 0 Å². The van der Waals surface area contributed by atoms with E-state index in [1.54, 1.807) is 25.1 Å². The van der Waals surface area contributed by atoms with Crippen LogP contribution in [-0.4, -0.2) is 24.0 Å². The lowest BCUT2D eigenvalue weighted by molar-refractivity contribution is 0.414. The third kappa shape index (κ3) is 2.53. The van der Waals surface area contributed by atoms with E-state index in [-0.39, 0.29) is 0 Å². The Morgan fingerprint density at radius 2 is 1.88 bits per heavy atom. The first kappa shape index (κ1) is 11.8. The maximum absolute atomic E-state index is 6.08. The van der Waals surface area contributed by atoms with Crippen molar-refractivity contribution >= 4 is 11.6 Å². The van der Waals surface area contributed by atoms with E-state index in [1.165, 1.54) is 0 Å². The number of benzene rings is 1. The molecule has 0 radical (unpaired) electrons. The van der Waals surface area contributed by atoms with E-state index in [4.69, 9.17) is 21.1 Å². The molecule has 2 rings (SSSR count). The van der Waals surface area contributed by atoms with Crippen LogP contribution in [0.5, 0.6) is 11.5 Å². The lowest BCUT2D eigenvalue weighted by atomic mass is 10.2. The molecule has 5 heteroatoms. The standard InChI is InChI=1S/C12H13ClN2O2/c1-16-10-5-3-9(4-6-10)8-15-12(13)11(17-2)7-14-15/h3-7H,8H2,1-2H3. The molecule has 0 amide bonds. The van der Waals surface area contributed by atoms with E-state index in [0.717, 1.165) is 11.3 Å². The van der Waals surface area contributed by atoms with E-state index in [1.807, 2.05) is 24.3 Å². The molecule has 0 fully saturated rings. The van der Waals surface area contributed by atoms with Crippen LogP contribution < -0.4 is 9.47 Å². The Hall–Kier alpha value is -1.68. The Balaban J connectivity index is 2.16. The molecular weight excluding hydrogens is 240 g/mol. The summed E-state index contributed by atoms with van der Waals surface area (Å²) in [7, 11) is 3.21. The highest BCUT2D eigenvalue weighted by atomic mass is 35.5. The van der Waals surface area contributed by atoms with Gasteiger partial charge in [0.05, 0.1) is 27.0 Å². The van der Waals surface area contributed by atoms with Gasteiger partial charge < -0.3 is 9.47 Å². The number of rotatable bonds is 4. The van der Waals surface area contributed by atoms with Gasteiger partial charge in [0.15, 0.2) is 10.9 Å². The largest absolute Gasteiger partial charge is 0.497 e. The highest BCUT2D eigenvalue weighted by Crippen LogP contribution is 2.24. The maximum Gasteiger partial charge on any atom is 0.175 e. The van der Waals surface area contributed by atoms with Crippen molar-refractivity contribution in [2.24, 2.45) is 0 Å². The molecule has 0 atom stereocenters. The number of hydrogen-bond donors (Lipinski definition) is 0. The zero-order valence-corrected chi connectivity index (χ0v) is 10.4. The number of methoxy groups -OCH3 is 2. The Labute approximate surface area is 105 Å². The first-order valence-electron chi connectivity index (χ1n) is 5.13. The molecule has 1 aromatic carbocycles. The van der Waals surface area contributed by atoms with Gasteiger partial charge in [-0.05, 0) is 17.7 Å². The van der Waals surface area contributed by atoms with Crippen LogP contribution in [0.4, 0.5) is 0 Å². The molecule has 17 heavy (non-hydrogen) atoms. The molecule has 1 aromatic heterocycles. The molecule has 0 saturated heterocycles. The molecule has 4 nitrogen and oxygen atoms in total. The predicted molar refractivity (Wildman–Crippen MR) is 65.9 cm³/mol. The van der Waals surface area contributed by atoms with Crippen molar-refractivity contribution in [2.75, 3.05) is 14.2 Å². The zero-order chi connectivity index (χ0) is 12.3. The number of nitrogens with zero attached hydrogens (tertiary/aromatic N) is 2. The fraction of sp³-hybridized carbons (Fsp3) is 0.250. The van der Waals surface area contributed by atoms with Crippen molar-refractivity contribution in [3.8, 4) is 11.5 Å². The van der Waals surface area contributed by atoms with Gasteiger partial charge in [-0.3, -0.25) is 0 Å². The van der Waals surface area contributed by atoms with E-state index in [2.05, 4.69) is 5.10 Å². The van der Waals surface area contributed by atoms with Crippen LogP contribution in [0.2, 0.25) is 5.15 Å². The molecule has 0 bridgehead atoms. The number of hydrogen-bond acceptors (Lipinski definition) is 3. The zero-order valence-electron chi connectivity index (χ0n) is 9.68. The van der Waals surface area contributed by atoms with Crippen LogP contribution in [0, 0.1) is 0 Å². The Morgan fingerprint density at radius 1 is 1.18 bits per heavy atom. The summed E-state index contributed by atoms with van der Waals surface area (Å²) in [6.07, 6.45) is 1.60. The first-order chi connectivity index (χ1) is 8.24. The van der Waals surface area contributed by atoms with Crippen molar-refractivity contribution in [1.29, 1.82) is 0 Å². The van der Waals surface area contributed by atoms with Crippen molar-refractivity contribution in [3.05, 3.63) is 41.2 Å². The molecular formula is C12H13ClN2O2. The molecule has 0 spiro atoms. The van der Waals surface area contributed by atoms with Crippen LogP contribution in [0.25, 0.3) is 0 Å². The van der Waals surface area contributed by atoms with Gasteiger partial charge in [0.1, 0.15) is 5.75 Å². The maximum atomic E-state index is 6.08. The van der Waals surface area contributed by atoms with Crippen LogP contribution in [-0.2, 0) is 6.54 Å². The van der Waals surface area contributed by atoms with Gasteiger partial charge in [0, 0.05) is 0 Å². The lowest BCUT2D eigenvalue weighted by Gasteiger charge is -2.05. The molecule has 0 saturated carbocycles. The number of halogens is 1. The normalized spacial score (nSPS) is 10.3. The quantitative estimate of drug-likeness (QED) is 0.839. The van der Waals surface area contributed by atoms with Crippen LogP contribution in [0.1, 0.15) is 5.56 Å². The predicted octanol–water partition coefficient (Wildman–Crippen LogP) is 2.60. The number of ether oxygens (including phenoxy) is 2. The van der Waals surface area contributed by atoms with Gasteiger partial charge in [0.2, 0.25) is 0 Å². The van der Waals surface area contributed by atoms with Crippen molar-refractivity contribution in [3.63, 3.8) is 0 Å². The Morgan fingerprint density at radius 3 is 2.41 bits per heavy atom. The molecule has 0 N–H and O–H groups in total. The fourth-order valence-electron chi connectivity index (χ4n) is 1.50. The summed E-state index contributed by atoms with van der Waals surface area (Å²) in [4.78, 5) is 0. The molecule has 0 aliphatic rings. The fourth-order valence-corrected chi connectivity index (χ4v) is 1.73. The van der Waals surface area contributed by atoms with Gasteiger partial charge in [-0.15, -0.1) is 0 Å². The summed E-state index contributed by atoms with van der Waals surface area (Å²) >= 11 is 6.08. The van der Waals surface area contributed by atoms with Gasteiger partial charge in [0.25, 0.3) is 0 Å². The van der Waals surface area contributed by atoms with E-state index < -0.39 is 0 Å². The van der Waals surface area contributed by atoms with E-state index in [0.29, 0.717) is 17.4 Å². The highest BCUT2D eigenvalue weighted by Gasteiger charge is 2.08. The molecule has 0 aliphatic carbocycles. The Bertz CT molecular complexity index is 494. The highest BCUT2D eigenvalue weighted by molar-refractivity contribution is 6.31. The SMILES string of the molecule is COc1ccc(Cn2ncc(OC)c2Cl)cc1. The van der Waals surface area contributed by atoms with E-state index >= 15 is 0 Å². The third-order valence-electron chi connectivity index (χ3n) is 2.46. The van der Waals surface area contributed by atoms with Crippen LogP contribution in [0.3, 0.4) is 0 Å². The van der Waals surface area contributed by atoms with Gasteiger partial charge >= 0.3 is 0 Å². The smallest absolute Gasteiger partial charge is 0.175 e. The average Bonchev–Trinajstić information content (AvgIpc) is 2.71.